The smallest absolute Gasteiger partial charge is 0.145 e. The minimum Gasteiger partial charge on any atom is -0.383 e. The first-order valence-corrected chi connectivity index (χ1v) is 5.93. The molecule has 17 heavy (non-hydrogen) atoms. The molecule has 0 saturated carbocycles. The standard InChI is InChI=1S/C10H13BrN6/c1-17-5-7(4-16-17)2-3-13-10-8(11)9(12)14-6-15-10/h4-6H,2-3H2,1H3,(H3,12,13,14,15). The summed E-state index contributed by atoms with van der Waals surface area (Å²) in [7, 11) is 1.90. The van der Waals surface area contributed by atoms with Crippen molar-refractivity contribution < 1.29 is 0 Å². The Morgan fingerprint density at radius 3 is 3.00 bits per heavy atom. The van der Waals surface area contributed by atoms with E-state index >= 15 is 0 Å². The van der Waals surface area contributed by atoms with Gasteiger partial charge in [0.05, 0.1) is 6.20 Å². The Morgan fingerprint density at radius 1 is 1.47 bits per heavy atom. The molecule has 0 spiro atoms. The number of halogens is 1. The number of hydrogen-bond donors (Lipinski definition) is 2. The van der Waals surface area contributed by atoms with Gasteiger partial charge in [0.25, 0.3) is 0 Å². The Bertz CT molecular complexity index is 509. The fraction of sp³-hybridized carbons (Fsp3) is 0.300. The van der Waals surface area contributed by atoms with Crippen LogP contribution in [0.25, 0.3) is 0 Å². The summed E-state index contributed by atoms with van der Waals surface area (Å²) in [6, 6.07) is 0. The fourth-order valence-electron chi connectivity index (χ4n) is 1.43. The van der Waals surface area contributed by atoms with Crippen molar-refractivity contribution in [3.63, 3.8) is 0 Å². The molecular weight excluding hydrogens is 284 g/mol. The Labute approximate surface area is 107 Å². The SMILES string of the molecule is Cn1cc(CCNc2ncnc(N)c2Br)cn1. The lowest BCUT2D eigenvalue weighted by atomic mass is 10.2. The van der Waals surface area contributed by atoms with E-state index in [9.17, 15) is 0 Å². The molecule has 7 heteroatoms. The second kappa shape index (κ2) is 5.13. The molecule has 0 fully saturated rings. The Morgan fingerprint density at radius 2 is 2.29 bits per heavy atom. The predicted octanol–water partition coefficient (Wildman–Crippen LogP) is 1.21. The summed E-state index contributed by atoms with van der Waals surface area (Å²) in [6.45, 7) is 0.765. The van der Waals surface area contributed by atoms with E-state index in [-0.39, 0.29) is 0 Å². The minimum absolute atomic E-state index is 0.434. The minimum atomic E-state index is 0.434. The summed E-state index contributed by atoms with van der Waals surface area (Å²) in [5.74, 6) is 1.14. The molecule has 0 aliphatic heterocycles. The van der Waals surface area contributed by atoms with Gasteiger partial charge in [0.1, 0.15) is 22.4 Å². The van der Waals surface area contributed by atoms with Crippen LogP contribution in [0.4, 0.5) is 11.6 Å². The lowest BCUT2D eigenvalue weighted by Crippen LogP contribution is -2.08. The molecule has 0 saturated heterocycles. The van der Waals surface area contributed by atoms with Gasteiger partial charge in [-0.3, -0.25) is 4.68 Å². The van der Waals surface area contributed by atoms with E-state index in [2.05, 4.69) is 36.3 Å². The quantitative estimate of drug-likeness (QED) is 0.886. The lowest BCUT2D eigenvalue weighted by molar-refractivity contribution is 0.767. The van der Waals surface area contributed by atoms with Crippen molar-refractivity contribution in [3.05, 3.63) is 28.8 Å². The van der Waals surface area contributed by atoms with Gasteiger partial charge in [-0.2, -0.15) is 5.10 Å². The van der Waals surface area contributed by atoms with E-state index in [0.29, 0.717) is 16.1 Å². The van der Waals surface area contributed by atoms with E-state index in [1.165, 1.54) is 11.9 Å². The van der Waals surface area contributed by atoms with E-state index in [1.54, 1.807) is 4.68 Å². The third-order valence-electron chi connectivity index (χ3n) is 2.28. The van der Waals surface area contributed by atoms with Crippen molar-refractivity contribution in [1.82, 2.24) is 19.7 Å². The number of hydrogen-bond acceptors (Lipinski definition) is 5. The molecular formula is C10H13BrN6. The molecule has 0 atom stereocenters. The van der Waals surface area contributed by atoms with Gasteiger partial charge in [-0.15, -0.1) is 0 Å². The molecule has 2 aromatic heterocycles. The van der Waals surface area contributed by atoms with Crippen LogP contribution in [0.3, 0.4) is 0 Å². The highest BCUT2D eigenvalue weighted by Crippen LogP contribution is 2.23. The first kappa shape index (κ1) is 11.8. The normalized spacial score (nSPS) is 10.5. The van der Waals surface area contributed by atoms with Crippen molar-refractivity contribution in [3.8, 4) is 0 Å². The third kappa shape index (κ3) is 2.94. The van der Waals surface area contributed by atoms with Gasteiger partial charge in [-0.25, -0.2) is 9.97 Å². The number of nitrogens with two attached hydrogens (primary N) is 1. The van der Waals surface area contributed by atoms with Gasteiger partial charge in [0.15, 0.2) is 0 Å². The summed E-state index contributed by atoms with van der Waals surface area (Å²) in [4.78, 5) is 7.98. The van der Waals surface area contributed by atoms with Crippen molar-refractivity contribution >= 4 is 27.6 Å². The van der Waals surface area contributed by atoms with Crippen LogP contribution in [0.1, 0.15) is 5.56 Å². The monoisotopic (exact) mass is 296 g/mol. The van der Waals surface area contributed by atoms with Crippen molar-refractivity contribution in [1.29, 1.82) is 0 Å². The number of nitrogen functional groups attached to an aromatic ring is 1. The summed E-state index contributed by atoms with van der Waals surface area (Å²) >= 11 is 3.34. The first-order chi connectivity index (χ1) is 8.16. The molecule has 0 radical (unpaired) electrons. The van der Waals surface area contributed by atoms with Gasteiger partial charge in [-0.1, -0.05) is 0 Å². The zero-order valence-electron chi connectivity index (χ0n) is 9.39. The predicted molar refractivity (Wildman–Crippen MR) is 69.5 cm³/mol. The summed E-state index contributed by atoms with van der Waals surface area (Å²) in [6.07, 6.45) is 6.16. The van der Waals surface area contributed by atoms with Crippen LogP contribution in [0.2, 0.25) is 0 Å². The van der Waals surface area contributed by atoms with Crippen molar-refractivity contribution in [2.75, 3.05) is 17.6 Å². The second-order valence-electron chi connectivity index (χ2n) is 3.62. The molecule has 3 N–H and O–H groups in total. The fourth-order valence-corrected chi connectivity index (χ4v) is 1.78. The number of anilines is 2. The first-order valence-electron chi connectivity index (χ1n) is 5.14. The van der Waals surface area contributed by atoms with E-state index in [1.807, 2.05) is 19.4 Å². The average Bonchev–Trinajstić information content (AvgIpc) is 2.70. The summed E-state index contributed by atoms with van der Waals surface area (Å²) in [5, 5.41) is 7.30. The maximum Gasteiger partial charge on any atom is 0.145 e. The number of aromatic nitrogens is 4. The second-order valence-corrected chi connectivity index (χ2v) is 4.41. The van der Waals surface area contributed by atoms with E-state index in [0.717, 1.165) is 13.0 Å². The van der Waals surface area contributed by atoms with Gasteiger partial charge >= 0.3 is 0 Å². The summed E-state index contributed by atoms with van der Waals surface area (Å²) in [5.41, 5.74) is 6.83. The van der Waals surface area contributed by atoms with Crippen LogP contribution in [0.15, 0.2) is 23.2 Å². The van der Waals surface area contributed by atoms with Crippen LogP contribution in [0, 0.1) is 0 Å². The topological polar surface area (TPSA) is 81.7 Å². The van der Waals surface area contributed by atoms with E-state index < -0.39 is 0 Å². The van der Waals surface area contributed by atoms with Crippen LogP contribution >= 0.6 is 15.9 Å². The zero-order chi connectivity index (χ0) is 12.3. The maximum absolute atomic E-state index is 5.66. The molecule has 0 amide bonds. The molecule has 90 valence electrons. The maximum atomic E-state index is 5.66. The zero-order valence-corrected chi connectivity index (χ0v) is 11.0. The molecule has 2 heterocycles. The number of nitrogens with one attached hydrogen (secondary N) is 1. The molecule has 2 rings (SSSR count). The average molecular weight is 297 g/mol. The lowest BCUT2D eigenvalue weighted by Gasteiger charge is -2.07. The van der Waals surface area contributed by atoms with Crippen LogP contribution < -0.4 is 11.1 Å². The largest absolute Gasteiger partial charge is 0.383 e. The molecule has 0 unspecified atom stereocenters. The highest BCUT2D eigenvalue weighted by molar-refractivity contribution is 9.10. The Kier molecular flexibility index (Phi) is 3.58. The number of nitrogens with zero attached hydrogens (tertiary/aromatic N) is 4. The van der Waals surface area contributed by atoms with Gasteiger partial charge in [0, 0.05) is 19.8 Å². The number of aryl methyl sites for hydroxylation is 1. The Balaban J connectivity index is 1.92. The Hall–Kier alpha value is -1.63. The van der Waals surface area contributed by atoms with Crippen LogP contribution in [-0.4, -0.2) is 26.3 Å². The molecule has 2 aromatic rings. The van der Waals surface area contributed by atoms with Gasteiger partial charge in [-0.05, 0) is 27.9 Å². The van der Waals surface area contributed by atoms with Crippen molar-refractivity contribution in [2.45, 2.75) is 6.42 Å². The molecule has 6 nitrogen and oxygen atoms in total. The highest BCUT2D eigenvalue weighted by Gasteiger charge is 2.05. The summed E-state index contributed by atoms with van der Waals surface area (Å²) < 4.78 is 2.49. The van der Waals surface area contributed by atoms with E-state index in [4.69, 9.17) is 5.73 Å². The molecule has 0 aliphatic rings. The number of rotatable bonds is 4. The molecule has 0 aromatic carbocycles. The molecule has 0 aliphatic carbocycles. The third-order valence-corrected chi connectivity index (χ3v) is 3.06. The van der Waals surface area contributed by atoms with Crippen molar-refractivity contribution in [2.24, 2.45) is 7.05 Å². The van der Waals surface area contributed by atoms with Crippen LogP contribution in [-0.2, 0) is 13.5 Å². The highest BCUT2D eigenvalue weighted by atomic mass is 79.9. The molecule has 0 bridgehead atoms. The van der Waals surface area contributed by atoms with Gasteiger partial charge < -0.3 is 11.1 Å². The van der Waals surface area contributed by atoms with Gasteiger partial charge in [0.2, 0.25) is 0 Å². The van der Waals surface area contributed by atoms with Crippen LogP contribution in [0.5, 0.6) is 0 Å².